The van der Waals surface area contributed by atoms with Crippen LogP contribution in [0.25, 0.3) is 10.8 Å². The number of pyridine rings is 1. The minimum Gasteiger partial charge on any atom is -0.399 e. The number of aromatic nitrogens is 1. The number of H-pyrrole nitrogens is 1. The van der Waals surface area contributed by atoms with E-state index in [1.165, 1.54) is 0 Å². The Balaban J connectivity index is 1.74. The molecule has 0 aliphatic carbocycles. The standard InChI is InChI=1S/C30H32N4O4/c1-18-14-22(15-19(2)25(18)9-12-35)28(33-24-7-6-20-8-11-32-29(37)26(20)17-24)30(38)34-27(10-13-36)21-4-3-5-23(31)16-21/h3-8,11,13-17,27-28,33,35H,9-10,12,31H2,1-2H3,(H,32,37)(H,34,38)/t27-,28?/m1/s1. The Morgan fingerprint density at radius 3 is 2.50 bits per heavy atom. The second-order valence-corrected chi connectivity index (χ2v) is 9.43. The van der Waals surface area contributed by atoms with E-state index in [1.807, 2.05) is 50.2 Å². The molecule has 38 heavy (non-hydrogen) atoms. The van der Waals surface area contributed by atoms with Crippen LogP contribution in [0.3, 0.4) is 0 Å². The van der Waals surface area contributed by atoms with Crippen LogP contribution < -0.4 is 21.9 Å². The Bertz CT molecular complexity index is 1510. The first-order valence-electron chi connectivity index (χ1n) is 12.5. The minimum absolute atomic E-state index is 0.0302. The van der Waals surface area contributed by atoms with Crippen LogP contribution in [0.1, 0.15) is 46.3 Å². The lowest BCUT2D eigenvalue weighted by molar-refractivity contribution is -0.122. The van der Waals surface area contributed by atoms with Crippen LogP contribution >= 0.6 is 0 Å². The van der Waals surface area contributed by atoms with Gasteiger partial charge in [-0.25, -0.2) is 0 Å². The number of nitrogens with one attached hydrogen (secondary N) is 3. The van der Waals surface area contributed by atoms with Gasteiger partial charge < -0.3 is 31.3 Å². The number of rotatable bonds is 10. The highest BCUT2D eigenvalue weighted by Crippen LogP contribution is 2.28. The number of fused-ring (bicyclic) bond motifs is 1. The van der Waals surface area contributed by atoms with Crippen LogP contribution in [-0.2, 0) is 16.0 Å². The van der Waals surface area contributed by atoms with Gasteiger partial charge in [0, 0.05) is 36.0 Å². The number of aromatic amines is 1. The number of nitrogens with two attached hydrogens (primary N) is 1. The molecule has 6 N–H and O–H groups in total. The number of hydrogen-bond acceptors (Lipinski definition) is 6. The highest BCUT2D eigenvalue weighted by atomic mass is 16.3. The summed E-state index contributed by atoms with van der Waals surface area (Å²) in [6.07, 6.45) is 2.97. The van der Waals surface area contributed by atoms with E-state index >= 15 is 0 Å². The summed E-state index contributed by atoms with van der Waals surface area (Å²) in [4.78, 5) is 40.4. The third-order valence-electron chi connectivity index (χ3n) is 6.72. The number of aryl methyl sites for hydroxylation is 2. The zero-order chi connectivity index (χ0) is 27.2. The second-order valence-electron chi connectivity index (χ2n) is 9.43. The predicted octanol–water partition coefficient (Wildman–Crippen LogP) is 3.86. The maximum absolute atomic E-state index is 13.8. The van der Waals surface area contributed by atoms with Crippen molar-refractivity contribution in [1.82, 2.24) is 10.3 Å². The molecule has 0 bridgehead atoms. The van der Waals surface area contributed by atoms with E-state index in [4.69, 9.17) is 5.73 Å². The molecule has 2 atom stereocenters. The molecule has 0 aliphatic heterocycles. The molecule has 0 spiro atoms. The van der Waals surface area contributed by atoms with Crippen molar-refractivity contribution < 1.29 is 14.7 Å². The molecule has 8 nitrogen and oxygen atoms in total. The van der Waals surface area contributed by atoms with Gasteiger partial charge in [0.15, 0.2) is 0 Å². The van der Waals surface area contributed by atoms with Gasteiger partial charge in [0.1, 0.15) is 12.3 Å². The van der Waals surface area contributed by atoms with E-state index < -0.39 is 12.1 Å². The summed E-state index contributed by atoms with van der Waals surface area (Å²) in [7, 11) is 0. The maximum Gasteiger partial charge on any atom is 0.255 e. The Morgan fingerprint density at radius 1 is 1.05 bits per heavy atom. The van der Waals surface area contributed by atoms with Crippen molar-refractivity contribution in [3.63, 3.8) is 0 Å². The van der Waals surface area contributed by atoms with Crippen molar-refractivity contribution in [3.05, 3.63) is 105 Å². The van der Waals surface area contributed by atoms with Crippen LogP contribution in [0.2, 0.25) is 0 Å². The van der Waals surface area contributed by atoms with Gasteiger partial charge in [0.25, 0.3) is 5.56 Å². The lowest BCUT2D eigenvalue weighted by atomic mass is 9.93. The average Bonchev–Trinajstić information content (AvgIpc) is 2.89. The van der Waals surface area contributed by atoms with Crippen molar-refractivity contribution in [3.8, 4) is 0 Å². The summed E-state index contributed by atoms with van der Waals surface area (Å²) in [5.74, 6) is -0.338. The molecule has 0 saturated heterocycles. The Hall–Kier alpha value is -4.43. The molecule has 4 rings (SSSR count). The Kier molecular flexibility index (Phi) is 8.23. The molecule has 1 amide bonds. The van der Waals surface area contributed by atoms with E-state index in [0.717, 1.165) is 39.5 Å². The van der Waals surface area contributed by atoms with Crippen LogP contribution in [0.5, 0.6) is 0 Å². The molecular weight excluding hydrogens is 480 g/mol. The first kappa shape index (κ1) is 26.6. The SMILES string of the molecule is Cc1cc(C(Nc2ccc3cc[nH]c(=O)c3c2)C(=O)N[C@H](CC=O)c2cccc(N)c2)cc(C)c1CCO. The number of nitrogen functional groups attached to an aromatic ring is 1. The van der Waals surface area contributed by atoms with Crippen molar-refractivity contribution in [2.75, 3.05) is 17.7 Å². The molecular formula is C30H32N4O4. The Morgan fingerprint density at radius 2 is 1.82 bits per heavy atom. The third-order valence-corrected chi connectivity index (χ3v) is 6.72. The normalized spacial score (nSPS) is 12.6. The summed E-state index contributed by atoms with van der Waals surface area (Å²) in [5.41, 5.74) is 11.3. The van der Waals surface area contributed by atoms with Crippen LogP contribution in [0.15, 0.2) is 71.7 Å². The fourth-order valence-corrected chi connectivity index (χ4v) is 4.84. The van der Waals surface area contributed by atoms with E-state index in [2.05, 4.69) is 15.6 Å². The lowest BCUT2D eigenvalue weighted by Gasteiger charge is -2.25. The highest BCUT2D eigenvalue weighted by molar-refractivity contribution is 5.89. The second kappa shape index (κ2) is 11.7. The molecule has 0 fully saturated rings. The van der Waals surface area contributed by atoms with Gasteiger partial charge in [-0.1, -0.05) is 30.3 Å². The van der Waals surface area contributed by atoms with E-state index in [0.29, 0.717) is 23.2 Å². The van der Waals surface area contributed by atoms with Crippen molar-refractivity contribution in [1.29, 1.82) is 0 Å². The summed E-state index contributed by atoms with van der Waals surface area (Å²) in [5, 5.41) is 17.1. The predicted molar refractivity (Wildman–Crippen MR) is 150 cm³/mol. The fourth-order valence-electron chi connectivity index (χ4n) is 4.84. The van der Waals surface area contributed by atoms with Crippen LogP contribution in [0, 0.1) is 13.8 Å². The minimum atomic E-state index is -0.828. The summed E-state index contributed by atoms with van der Waals surface area (Å²) < 4.78 is 0. The van der Waals surface area contributed by atoms with Gasteiger partial charge in [-0.2, -0.15) is 0 Å². The molecule has 0 radical (unpaired) electrons. The zero-order valence-electron chi connectivity index (χ0n) is 21.5. The molecule has 196 valence electrons. The Labute approximate surface area is 220 Å². The first-order chi connectivity index (χ1) is 18.3. The largest absolute Gasteiger partial charge is 0.399 e. The highest BCUT2D eigenvalue weighted by Gasteiger charge is 2.25. The van der Waals surface area contributed by atoms with Gasteiger partial charge in [0.2, 0.25) is 5.91 Å². The fraction of sp³-hybridized carbons (Fsp3) is 0.233. The van der Waals surface area contributed by atoms with Crippen molar-refractivity contribution in [2.45, 2.75) is 38.8 Å². The summed E-state index contributed by atoms with van der Waals surface area (Å²) in [6.45, 7) is 3.93. The molecule has 1 aromatic heterocycles. The number of carbonyl (C=O) groups is 2. The number of hydrogen-bond donors (Lipinski definition) is 5. The van der Waals surface area contributed by atoms with Crippen molar-refractivity contribution in [2.24, 2.45) is 0 Å². The number of benzene rings is 3. The monoisotopic (exact) mass is 512 g/mol. The van der Waals surface area contributed by atoms with Gasteiger partial charge in [-0.05, 0) is 83.8 Å². The van der Waals surface area contributed by atoms with E-state index in [1.54, 1.807) is 30.5 Å². The van der Waals surface area contributed by atoms with Gasteiger partial charge in [0.05, 0.1) is 6.04 Å². The molecule has 4 aromatic rings. The number of anilines is 2. The van der Waals surface area contributed by atoms with Crippen LogP contribution in [-0.4, -0.2) is 28.9 Å². The van der Waals surface area contributed by atoms with Crippen molar-refractivity contribution >= 4 is 34.3 Å². The van der Waals surface area contributed by atoms with Gasteiger partial charge in [-0.3, -0.25) is 9.59 Å². The van der Waals surface area contributed by atoms with E-state index in [9.17, 15) is 19.5 Å². The van der Waals surface area contributed by atoms with Gasteiger partial charge >= 0.3 is 0 Å². The number of aliphatic hydroxyl groups excluding tert-OH is 1. The molecule has 8 heteroatoms. The third kappa shape index (κ3) is 5.92. The maximum atomic E-state index is 13.8. The topological polar surface area (TPSA) is 137 Å². The van der Waals surface area contributed by atoms with Crippen LogP contribution in [0.4, 0.5) is 11.4 Å². The quantitative estimate of drug-likeness (QED) is 0.162. The number of amides is 1. The molecule has 3 aromatic carbocycles. The zero-order valence-corrected chi connectivity index (χ0v) is 21.5. The molecule has 0 saturated carbocycles. The first-order valence-corrected chi connectivity index (χ1v) is 12.5. The molecule has 0 aliphatic rings. The van der Waals surface area contributed by atoms with Gasteiger partial charge in [-0.15, -0.1) is 0 Å². The summed E-state index contributed by atoms with van der Waals surface area (Å²) >= 11 is 0. The summed E-state index contributed by atoms with van der Waals surface area (Å²) in [6, 6.07) is 16.7. The average molecular weight is 513 g/mol. The number of aliphatic hydroxyl groups is 1. The molecule has 1 unspecified atom stereocenters. The number of aldehydes is 1. The molecule has 1 heterocycles. The lowest BCUT2D eigenvalue weighted by Crippen LogP contribution is -2.36. The smallest absolute Gasteiger partial charge is 0.255 e. The van der Waals surface area contributed by atoms with E-state index in [-0.39, 0.29) is 24.5 Å². The number of carbonyl (C=O) groups excluding carboxylic acids is 2.